The van der Waals surface area contributed by atoms with Crippen LogP contribution in [0.1, 0.15) is 16.7 Å². The van der Waals surface area contributed by atoms with Crippen molar-refractivity contribution in [3.63, 3.8) is 0 Å². The zero-order valence-corrected chi connectivity index (χ0v) is 17.7. The minimum absolute atomic E-state index is 0.113. The van der Waals surface area contributed by atoms with E-state index >= 15 is 0 Å². The van der Waals surface area contributed by atoms with Crippen LogP contribution in [-0.2, 0) is 26.0 Å². The predicted octanol–water partition coefficient (Wildman–Crippen LogP) is 2.51. The molecule has 0 bridgehead atoms. The molecule has 0 aliphatic carbocycles. The van der Waals surface area contributed by atoms with Crippen LogP contribution >= 0.6 is 0 Å². The van der Waals surface area contributed by atoms with Crippen molar-refractivity contribution in [2.75, 3.05) is 38.7 Å². The van der Waals surface area contributed by atoms with Crippen LogP contribution in [0.2, 0.25) is 0 Å². The number of hydrogen-bond donors (Lipinski definition) is 1. The summed E-state index contributed by atoms with van der Waals surface area (Å²) in [6.45, 7) is 5.32. The molecule has 1 heterocycles. The van der Waals surface area contributed by atoms with E-state index in [1.165, 1.54) is 23.5 Å². The largest absolute Gasteiger partial charge is 0.495 e. The van der Waals surface area contributed by atoms with E-state index in [4.69, 9.17) is 9.47 Å². The van der Waals surface area contributed by atoms with Crippen molar-refractivity contribution in [3.8, 4) is 5.75 Å². The fourth-order valence-electron chi connectivity index (χ4n) is 3.29. The monoisotopic (exact) mass is 418 g/mol. The third-order valence-electron chi connectivity index (χ3n) is 4.90. The van der Waals surface area contributed by atoms with Gasteiger partial charge in [0.1, 0.15) is 5.75 Å². The second-order valence-electron chi connectivity index (χ2n) is 7.03. The molecule has 0 unspecified atom stereocenters. The number of hydrogen-bond acceptors (Lipinski definition) is 5. The van der Waals surface area contributed by atoms with Crippen molar-refractivity contribution in [3.05, 3.63) is 53.1 Å². The molecule has 1 aliphatic rings. The van der Waals surface area contributed by atoms with Gasteiger partial charge in [0.05, 0.1) is 37.3 Å². The van der Waals surface area contributed by atoms with Gasteiger partial charge in [-0.25, -0.2) is 8.42 Å². The standard InChI is InChI=1S/C21H26N2O5S/c1-15-4-5-17(16(2)12-15)13-21(24)22-19-14-18(6-7-20(19)27-3)29(25,26)23-8-10-28-11-9-23/h4-7,12,14H,8-11,13H2,1-3H3,(H,22,24). The number of carbonyl (C=O) groups excluding carboxylic acids is 1. The number of anilines is 1. The molecular formula is C21H26N2O5S. The second kappa shape index (κ2) is 8.94. The molecule has 0 radical (unpaired) electrons. The molecule has 0 spiro atoms. The van der Waals surface area contributed by atoms with Gasteiger partial charge in [-0.1, -0.05) is 23.8 Å². The molecular weight excluding hydrogens is 392 g/mol. The SMILES string of the molecule is COc1ccc(S(=O)(=O)N2CCOCC2)cc1NC(=O)Cc1ccc(C)cc1C. The number of nitrogens with one attached hydrogen (secondary N) is 1. The lowest BCUT2D eigenvalue weighted by Crippen LogP contribution is -2.40. The number of rotatable bonds is 6. The molecule has 2 aromatic rings. The summed E-state index contributed by atoms with van der Waals surface area (Å²) in [4.78, 5) is 12.7. The number of morpholine rings is 1. The summed E-state index contributed by atoms with van der Waals surface area (Å²) in [5.74, 6) is 0.163. The normalized spacial score (nSPS) is 15.1. The van der Waals surface area contributed by atoms with E-state index in [2.05, 4.69) is 5.32 Å². The van der Waals surface area contributed by atoms with E-state index in [0.717, 1.165) is 16.7 Å². The Morgan fingerprint density at radius 3 is 2.52 bits per heavy atom. The number of amides is 1. The molecule has 0 atom stereocenters. The number of ether oxygens (including phenoxy) is 2. The number of benzene rings is 2. The highest BCUT2D eigenvalue weighted by Gasteiger charge is 2.27. The molecule has 0 saturated carbocycles. The number of sulfonamides is 1. The molecule has 1 N–H and O–H groups in total. The van der Waals surface area contributed by atoms with Gasteiger partial charge in [-0.05, 0) is 43.2 Å². The highest BCUT2D eigenvalue weighted by molar-refractivity contribution is 7.89. The van der Waals surface area contributed by atoms with Crippen molar-refractivity contribution < 1.29 is 22.7 Å². The van der Waals surface area contributed by atoms with Gasteiger partial charge >= 0.3 is 0 Å². The van der Waals surface area contributed by atoms with Crippen LogP contribution in [0.4, 0.5) is 5.69 Å². The molecule has 1 aliphatic heterocycles. The molecule has 7 nitrogen and oxygen atoms in total. The number of carbonyl (C=O) groups is 1. The smallest absolute Gasteiger partial charge is 0.243 e. The fraction of sp³-hybridized carbons (Fsp3) is 0.381. The van der Waals surface area contributed by atoms with Gasteiger partial charge in [-0.2, -0.15) is 4.31 Å². The minimum Gasteiger partial charge on any atom is -0.495 e. The summed E-state index contributed by atoms with van der Waals surface area (Å²) in [6.07, 6.45) is 0.190. The number of nitrogens with zero attached hydrogens (tertiary/aromatic N) is 1. The predicted molar refractivity (Wildman–Crippen MR) is 111 cm³/mol. The molecule has 1 amide bonds. The maximum Gasteiger partial charge on any atom is 0.243 e. The van der Waals surface area contributed by atoms with E-state index in [-0.39, 0.29) is 17.2 Å². The molecule has 3 rings (SSSR count). The fourth-order valence-corrected chi connectivity index (χ4v) is 4.73. The third-order valence-corrected chi connectivity index (χ3v) is 6.80. The summed E-state index contributed by atoms with van der Waals surface area (Å²) in [7, 11) is -2.19. The van der Waals surface area contributed by atoms with Crippen LogP contribution in [0, 0.1) is 13.8 Å². The Labute approximate surface area is 171 Å². The third kappa shape index (κ3) is 4.95. The summed E-state index contributed by atoms with van der Waals surface area (Å²) in [5, 5.41) is 2.80. The highest BCUT2D eigenvalue weighted by Crippen LogP contribution is 2.29. The van der Waals surface area contributed by atoms with Crippen LogP contribution in [-0.4, -0.2) is 52.0 Å². The summed E-state index contributed by atoms with van der Waals surface area (Å²) < 4.78 is 37.7. The van der Waals surface area contributed by atoms with E-state index < -0.39 is 10.0 Å². The Hall–Kier alpha value is -2.42. The van der Waals surface area contributed by atoms with E-state index in [1.54, 1.807) is 6.07 Å². The van der Waals surface area contributed by atoms with Crippen molar-refractivity contribution in [2.24, 2.45) is 0 Å². The zero-order chi connectivity index (χ0) is 21.0. The first-order chi connectivity index (χ1) is 13.8. The van der Waals surface area contributed by atoms with Gasteiger partial charge in [0.15, 0.2) is 0 Å². The van der Waals surface area contributed by atoms with Gasteiger partial charge < -0.3 is 14.8 Å². The van der Waals surface area contributed by atoms with Gasteiger partial charge in [-0.3, -0.25) is 4.79 Å². The molecule has 156 valence electrons. The van der Waals surface area contributed by atoms with Crippen molar-refractivity contribution in [1.82, 2.24) is 4.31 Å². The summed E-state index contributed by atoms with van der Waals surface area (Å²) >= 11 is 0. The Bertz CT molecular complexity index is 998. The average Bonchev–Trinajstić information content (AvgIpc) is 2.70. The van der Waals surface area contributed by atoms with Crippen molar-refractivity contribution >= 4 is 21.6 Å². The molecule has 1 saturated heterocycles. The first kappa shape index (κ1) is 21.3. The van der Waals surface area contributed by atoms with E-state index in [1.807, 2.05) is 32.0 Å². The number of aryl methyl sites for hydroxylation is 2. The van der Waals surface area contributed by atoms with Gasteiger partial charge in [0.2, 0.25) is 15.9 Å². The molecule has 8 heteroatoms. The number of methoxy groups -OCH3 is 1. The zero-order valence-electron chi connectivity index (χ0n) is 16.9. The van der Waals surface area contributed by atoms with Crippen molar-refractivity contribution in [1.29, 1.82) is 0 Å². The maximum absolute atomic E-state index is 12.9. The van der Waals surface area contributed by atoms with Gasteiger partial charge in [0.25, 0.3) is 0 Å². The maximum atomic E-state index is 12.9. The average molecular weight is 419 g/mol. The molecule has 0 aromatic heterocycles. The van der Waals surface area contributed by atoms with E-state index in [9.17, 15) is 13.2 Å². The van der Waals surface area contributed by atoms with Crippen LogP contribution in [0.5, 0.6) is 5.75 Å². The molecule has 29 heavy (non-hydrogen) atoms. The molecule has 2 aromatic carbocycles. The lowest BCUT2D eigenvalue weighted by molar-refractivity contribution is -0.115. The van der Waals surface area contributed by atoms with Gasteiger partial charge in [0, 0.05) is 13.1 Å². The lowest BCUT2D eigenvalue weighted by atomic mass is 10.0. The Morgan fingerprint density at radius 2 is 1.86 bits per heavy atom. The topological polar surface area (TPSA) is 84.9 Å². The molecule has 1 fully saturated rings. The van der Waals surface area contributed by atoms with Crippen LogP contribution in [0.15, 0.2) is 41.3 Å². The summed E-state index contributed by atoms with van der Waals surface area (Å²) in [6, 6.07) is 10.4. The van der Waals surface area contributed by atoms with Crippen LogP contribution < -0.4 is 10.1 Å². The first-order valence-corrected chi connectivity index (χ1v) is 10.9. The Balaban J connectivity index is 1.82. The van der Waals surface area contributed by atoms with Gasteiger partial charge in [-0.15, -0.1) is 0 Å². The van der Waals surface area contributed by atoms with Crippen molar-refractivity contribution in [2.45, 2.75) is 25.2 Å². The quantitative estimate of drug-likeness (QED) is 0.779. The summed E-state index contributed by atoms with van der Waals surface area (Å²) in [5.41, 5.74) is 3.42. The Morgan fingerprint density at radius 1 is 1.14 bits per heavy atom. The van der Waals surface area contributed by atoms with E-state index in [0.29, 0.717) is 37.7 Å². The second-order valence-corrected chi connectivity index (χ2v) is 8.97. The van der Waals surface area contributed by atoms with Crippen LogP contribution in [0.25, 0.3) is 0 Å². The first-order valence-electron chi connectivity index (χ1n) is 9.43. The van der Waals surface area contributed by atoms with Crippen LogP contribution in [0.3, 0.4) is 0 Å². The highest BCUT2D eigenvalue weighted by atomic mass is 32.2. The minimum atomic E-state index is -3.67. The Kier molecular flexibility index (Phi) is 6.56. The lowest BCUT2D eigenvalue weighted by Gasteiger charge is -2.26.